The van der Waals surface area contributed by atoms with Crippen LogP contribution in [0.3, 0.4) is 0 Å². The first-order valence-corrected chi connectivity index (χ1v) is 12.8. The Morgan fingerprint density at radius 3 is 2.50 bits per heavy atom. The van der Waals surface area contributed by atoms with E-state index in [2.05, 4.69) is 46.8 Å². The number of ether oxygens (including phenoxy) is 1. The van der Waals surface area contributed by atoms with E-state index in [1.165, 1.54) is 24.0 Å². The number of hydrogen-bond acceptors (Lipinski definition) is 3. The molecule has 1 N–H and O–H groups in total. The van der Waals surface area contributed by atoms with Gasteiger partial charge in [-0.2, -0.15) is 0 Å². The summed E-state index contributed by atoms with van der Waals surface area (Å²) in [7, 11) is 0. The van der Waals surface area contributed by atoms with Crippen LogP contribution in [0.4, 0.5) is 0 Å². The number of para-hydroxylation sites is 2. The van der Waals surface area contributed by atoms with Gasteiger partial charge in [0.25, 0.3) is 5.91 Å². The molecule has 1 aromatic heterocycles. The number of H-pyrrole nitrogens is 1. The zero-order valence-corrected chi connectivity index (χ0v) is 20.4. The molecule has 178 valence electrons. The fourth-order valence-corrected chi connectivity index (χ4v) is 6.33. The number of nitrogens with zero attached hydrogens (tertiary/aromatic N) is 2. The van der Waals surface area contributed by atoms with Gasteiger partial charge < -0.3 is 14.6 Å². The van der Waals surface area contributed by atoms with Gasteiger partial charge in [-0.15, -0.1) is 0 Å². The number of benzene rings is 2. The van der Waals surface area contributed by atoms with Crippen molar-refractivity contribution >= 4 is 16.8 Å². The Balaban J connectivity index is 1.06. The fourth-order valence-electron chi connectivity index (χ4n) is 6.33. The smallest absolute Gasteiger partial charge is 0.256 e. The second-order valence-electron chi connectivity index (χ2n) is 11.3. The molecule has 3 aromatic rings. The molecule has 3 aliphatic heterocycles. The molecule has 5 heteroatoms. The lowest BCUT2D eigenvalue weighted by Crippen LogP contribution is -2.48. The molecule has 0 radical (unpaired) electrons. The van der Waals surface area contributed by atoms with Crippen molar-refractivity contribution in [2.45, 2.75) is 58.1 Å². The van der Waals surface area contributed by atoms with Crippen molar-refractivity contribution in [3.63, 3.8) is 0 Å². The highest BCUT2D eigenvalue weighted by Gasteiger charge is 2.39. The molecule has 1 spiro atoms. The zero-order chi connectivity index (χ0) is 23.3. The van der Waals surface area contributed by atoms with Crippen LogP contribution in [0.5, 0.6) is 5.75 Å². The number of aromatic nitrogens is 1. The molecular weight excluding hydrogens is 422 g/mol. The molecule has 0 atom stereocenters. The highest BCUT2D eigenvalue weighted by Crippen LogP contribution is 2.43. The molecule has 2 fully saturated rings. The van der Waals surface area contributed by atoms with Crippen molar-refractivity contribution in [1.29, 1.82) is 0 Å². The van der Waals surface area contributed by atoms with Gasteiger partial charge in [0.2, 0.25) is 0 Å². The minimum atomic E-state index is -0.0948. The number of rotatable bonds is 3. The highest BCUT2D eigenvalue weighted by atomic mass is 16.5. The monoisotopic (exact) mass is 457 g/mol. The number of aromatic amines is 1. The summed E-state index contributed by atoms with van der Waals surface area (Å²) in [6.07, 6.45) is 7.56. The predicted octanol–water partition coefficient (Wildman–Crippen LogP) is 5.40. The van der Waals surface area contributed by atoms with Crippen LogP contribution < -0.4 is 4.74 Å². The van der Waals surface area contributed by atoms with Crippen LogP contribution in [0.1, 0.15) is 61.0 Å². The van der Waals surface area contributed by atoms with Crippen molar-refractivity contribution < 1.29 is 9.53 Å². The third-order valence-corrected chi connectivity index (χ3v) is 8.41. The average molecular weight is 458 g/mol. The Morgan fingerprint density at radius 1 is 0.971 bits per heavy atom. The highest BCUT2D eigenvalue weighted by molar-refractivity contribution is 6.06. The Morgan fingerprint density at radius 2 is 1.71 bits per heavy atom. The van der Waals surface area contributed by atoms with Crippen LogP contribution in [0, 0.1) is 5.41 Å². The summed E-state index contributed by atoms with van der Waals surface area (Å²) in [6, 6.07) is 14.7. The molecule has 34 heavy (non-hydrogen) atoms. The van der Waals surface area contributed by atoms with Gasteiger partial charge in [0.1, 0.15) is 11.4 Å². The lowest BCUT2D eigenvalue weighted by Gasteiger charge is -2.47. The van der Waals surface area contributed by atoms with Crippen LogP contribution in [0.2, 0.25) is 0 Å². The number of likely N-dealkylation sites (tertiary alicyclic amines) is 2. The van der Waals surface area contributed by atoms with Crippen molar-refractivity contribution in [3.05, 3.63) is 65.4 Å². The zero-order valence-electron chi connectivity index (χ0n) is 20.4. The van der Waals surface area contributed by atoms with Gasteiger partial charge >= 0.3 is 0 Å². The second kappa shape index (κ2) is 8.16. The van der Waals surface area contributed by atoms with E-state index in [4.69, 9.17) is 4.74 Å². The molecule has 4 heterocycles. The van der Waals surface area contributed by atoms with Crippen LogP contribution in [-0.4, -0.2) is 52.5 Å². The standard InChI is InChI=1S/C29H35N3O2/c1-28(2)18-21-6-5-7-22(26(21)34-28)20-31-14-10-29(11-15-31)12-16-32(17-13-29)27(33)24-19-30-25-9-4-3-8-23(24)25/h3-9,19,30H,10-18,20H2,1-2H3. The maximum atomic E-state index is 13.2. The van der Waals surface area contributed by atoms with E-state index in [1.54, 1.807) is 0 Å². The molecule has 2 saturated heterocycles. The van der Waals surface area contributed by atoms with Gasteiger partial charge in [-0.05, 0) is 69.7 Å². The van der Waals surface area contributed by atoms with Crippen molar-refractivity contribution in [2.24, 2.45) is 5.41 Å². The van der Waals surface area contributed by atoms with Gasteiger partial charge in [0.05, 0.1) is 5.56 Å². The van der Waals surface area contributed by atoms with Crippen molar-refractivity contribution in [1.82, 2.24) is 14.8 Å². The Labute approximate surface area is 202 Å². The SMILES string of the molecule is CC1(C)Cc2cccc(CN3CCC4(CC3)CCN(C(=O)c3c[nH]c5ccccc35)CC4)c2O1. The van der Waals surface area contributed by atoms with Crippen LogP contribution in [0.15, 0.2) is 48.7 Å². The van der Waals surface area contributed by atoms with Crippen LogP contribution >= 0.6 is 0 Å². The summed E-state index contributed by atoms with van der Waals surface area (Å²) < 4.78 is 6.30. The molecule has 6 rings (SSSR count). The third kappa shape index (κ3) is 3.90. The number of piperidine rings is 2. The van der Waals surface area contributed by atoms with Crippen molar-refractivity contribution in [2.75, 3.05) is 26.2 Å². The number of carbonyl (C=O) groups excluding carboxylic acids is 1. The minimum Gasteiger partial charge on any atom is -0.487 e. The summed E-state index contributed by atoms with van der Waals surface area (Å²) in [5, 5.41) is 1.03. The molecule has 0 saturated carbocycles. The Hall–Kier alpha value is -2.79. The van der Waals surface area contributed by atoms with Gasteiger partial charge in [-0.3, -0.25) is 9.69 Å². The summed E-state index contributed by atoms with van der Waals surface area (Å²) in [5.74, 6) is 1.29. The first-order chi connectivity index (χ1) is 16.4. The summed E-state index contributed by atoms with van der Waals surface area (Å²) in [6.45, 7) is 9.32. The number of nitrogens with one attached hydrogen (secondary N) is 1. The normalized spacial score (nSPS) is 21.5. The molecule has 1 amide bonds. The maximum Gasteiger partial charge on any atom is 0.256 e. The van der Waals surface area contributed by atoms with E-state index >= 15 is 0 Å². The van der Waals surface area contributed by atoms with Crippen LogP contribution in [0.25, 0.3) is 10.9 Å². The average Bonchev–Trinajstić information content (AvgIpc) is 3.41. The summed E-state index contributed by atoms with van der Waals surface area (Å²) in [5.41, 5.74) is 4.82. The number of carbonyl (C=O) groups is 1. The molecule has 0 unspecified atom stereocenters. The van der Waals surface area contributed by atoms with E-state index in [1.807, 2.05) is 30.5 Å². The molecule has 2 aromatic carbocycles. The maximum absolute atomic E-state index is 13.2. The van der Waals surface area contributed by atoms with Gasteiger partial charge in [0, 0.05) is 48.7 Å². The Kier molecular flexibility index (Phi) is 5.21. The quantitative estimate of drug-likeness (QED) is 0.573. The summed E-state index contributed by atoms with van der Waals surface area (Å²) >= 11 is 0. The minimum absolute atomic E-state index is 0.0948. The molecule has 0 bridgehead atoms. The van der Waals surface area contributed by atoms with Crippen molar-refractivity contribution in [3.8, 4) is 5.75 Å². The van der Waals surface area contributed by atoms with Crippen LogP contribution in [-0.2, 0) is 13.0 Å². The fraction of sp³-hybridized carbons (Fsp3) is 0.483. The number of hydrogen-bond donors (Lipinski definition) is 1. The van der Waals surface area contributed by atoms with Gasteiger partial charge in [0.15, 0.2) is 0 Å². The predicted molar refractivity (Wildman–Crippen MR) is 135 cm³/mol. The second-order valence-corrected chi connectivity index (χ2v) is 11.3. The van der Waals surface area contributed by atoms with E-state index in [9.17, 15) is 4.79 Å². The van der Waals surface area contributed by atoms with E-state index in [0.29, 0.717) is 5.41 Å². The van der Waals surface area contributed by atoms with Gasteiger partial charge in [-0.25, -0.2) is 0 Å². The van der Waals surface area contributed by atoms with E-state index in [0.717, 1.165) is 74.2 Å². The Bertz CT molecular complexity index is 1210. The first kappa shape index (κ1) is 21.7. The topological polar surface area (TPSA) is 48.6 Å². The molecule has 0 aliphatic carbocycles. The summed E-state index contributed by atoms with van der Waals surface area (Å²) in [4.78, 5) is 21.1. The van der Waals surface area contributed by atoms with E-state index < -0.39 is 0 Å². The number of fused-ring (bicyclic) bond motifs is 2. The molecule has 3 aliphatic rings. The van der Waals surface area contributed by atoms with Gasteiger partial charge in [-0.1, -0.05) is 36.4 Å². The third-order valence-electron chi connectivity index (χ3n) is 8.41. The molecule has 5 nitrogen and oxygen atoms in total. The molecular formula is C29H35N3O2. The first-order valence-electron chi connectivity index (χ1n) is 12.8. The lowest BCUT2D eigenvalue weighted by molar-refractivity contribution is 0.0283. The lowest BCUT2D eigenvalue weighted by atomic mass is 9.71. The van der Waals surface area contributed by atoms with E-state index in [-0.39, 0.29) is 11.5 Å². The largest absolute Gasteiger partial charge is 0.487 e. The number of amides is 1.